The lowest BCUT2D eigenvalue weighted by molar-refractivity contribution is 0.581. The Morgan fingerprint density at radius 1 is 0.917 bits per heavy atom. The number of aryl methyl sites for hydroxylation is 2. The lowest BCUT2D eigenvalue weighted by Gasteiger charge is -2.17. The van der Waals surface area contributed by atoms with E-state index in [0.29, 0.717) is 16.1 Å². The fraction of sp³-hybridized carbons (Fsp3) is 0.200. The first kappa shape index (κ1) is 18.9. The van der Waals surface area contributed by atoms with Gasteiger partial charge in [-0.2, -0.15) is 4.83 Å². The first-order chi connectivity index (χ1) is 11.0. The van der Waals surface area contributed by atoms with Crippen molar-refractivity contribution in [2.75, 3.05) is 0 Å². The third-order valence-corrected chi connectivity index (χ3v) is 7.43. The number of halogens is 1. The van der Waals surface area contributed by atoms with Gasteiger partial charge in [-0.1, -0.05) is 17.7 Å². The zero-order valence-corrected chi connectivity index (χ0v) is 15.7. The van der Waals surface area contributed by atoms with Crippen LogP contribution in [0.5, 0.6) is 0 Å². The quantitative estimate of drug-likeness (QED) is 0.617. The Morgan fingerprint density at radius 3 is 1.92 bits per heavy atom. The number of rotatable bonds is 4. The molecular weight excluding hydrogens is 372 g/mol. The van der Waals surface area contributed by atoms with Crippen LogP contribution in [-0.2, 0) is 19.9 Å². The predicted octanol–water partition coefficient (Wildman–Crippen LogP) is 2.25. The molecule has 0 aliphatic heterocycles. The molecule has 0 spiro atoms. The number of sulfonamides is 1. The van der Waals surface area contributed by atoms with Gasteiger partial charge < -0.3 is 0 Å². The van der Waals surface area contributed by atoms with Crippen molar-refractivity contribution in [1.29, 1.82) is 0 Å². The van der Waals surface area contributed by atoms with Crippen LogP contribution in [0.2, 0.25) is 5.02 Å². The fourth-order valence-corrected chi connectivity index (χ4v) is 5.78. The second kappa shape index (κ2) is 6.45. The molecule has 2 rings (SSSR count). The summed E-state index contributed by atoms with van der Waals surface area (Å²) in [6.07, 6.45) is 0. The van der Waals surface area contributed by atoms with E-state index in [1.54, 1.807) is 18.7 Å². The van der Waals surface area contributed by atoms with Crippen LogP contribution in [0.1, 0.15) is 16.7 Å². The van der Waals surface area contributed by atoms with Crippen molar-refractivity contribution < 1.29 is 16.8 Å². The van der Waals surface area contributed by atoms with Crippen LogP contribution in [0.15, 0.2) is 45.0 Å². The van der Waals surface area contributed by atoms with Gasteiger partial charge >= 0.3 is 0 Å². The number of hydrogen-bond donors (Lipinski definition) is 2. The molecule has 0 aliphatic rings. The summed E-state index contributed by atoms with van der Waals surface area (Å²) in [5.41, 5.74) is 0.995. The molecule has 0 heterocycles. The minimum Gasteiger partial charge on any atom is -0.257 e. The predicted molar refractivity (Wildman–Crippen MR) is 92.1 cm³/mol. The Morgan fingerprint density at radius 2 is 1.42 bits per heavy atom. The molecule has 0 radical (unpaired) electrons. The highest BCUT2D eigenvalue weighted by Gasteiger charge is 2.28. The van der Waals surface area contributed by atoms with Gasteiger partial charge in [-0.3, -0.25) is 5.84 Å². The summed E-state index contributed by atoms with van der Waals surface area (Å²) in [6.45, 7) is 4.66. The summed E-state index contributed by atoms with van der Waals surface area (Å²) >= 11 is 5.80. The average molecular weight is 389 g/mol. The van der Waals surface area contributed by atoms with Crippen molar-refractivity contribution in [3.8, 4) is 0 Å². The maximum atomic E-state index is 13.0. The lowest BCUT2D eigenvalue weighted by Crippen LogP contribution is -2.31. The molecule has 0 aromatic heterocycles. The normalized spacial score (nSPS) is 12.4. The zero-order chi connectivity index (χ0) is 18.3. The Kier molecular flexibility index (Phi) is 5.08. The minimum atomic E-state index is -4.01. The lowest BCUT2D eigenvalue weighted by atomic mass is 10.1. The number of nitrogens with two attached hydrogens (primary N) is 1. The van der Waals surface area contributed by atoms with E-state index in [9.17, 15) is 16.8 Å². The molecule has 2 aromatic rings. The van der Waals surface area contributed by atoms with Crippen molar-refractivity contribution in [1.82, 2.24) is 4.83 Å². The van der Waals surface area contributed by atoms with Crippen LogP contribution >= 0.6 is 11.6 Å². The van der Waals surface area contributed by atoms with Crippen molar-refractivity contribution in [2.45, 2.75) is 35.5 Å². The van der Waals surface area contributed by atoms with E-state index < -0.39 is 19.9 Å². The van der Waals surface area contributed by atoms with Crippen LogP contribution in [0.3, 0.4) is 0 Å². The molecule has 2 aromatic carbocycles. The first-order valence-corrected chi connectivity index (χ1v) is 10.2. The molecule has 0 aliphatic carbocycles. The van der Waals surface area contributed by atoms with E-state index in [2.05, 4.69) is 0 Å². The van der Waals surface area contributed by atoms with Gasteiger partial charge in [0, 0.05) is 5.02 Å². The first-order valence-electron chi connectivity index (χ1n) is 6.86. The van der Waals surface area contributed by atoms with Crippen molar-refractivity contribution >= 4 is 31.5 Å². The molecule has 0 unspecified atom stereocenters. The number of benzene rings is 2. The van der Waals surface area contributed by atoms with Crippen LogP contribution in [0.25, 0.3) is 0 Å². The van der Waals surface area contributed by atoms with Crippen molar-refractivity contribution in [2.24, 2.45) is 5.84 Å². The summed E-state index contributed by atoms with van der Waals surface area (Å²) in [5.74, 6) is 5.10. The molecule has 24 heavy (non-hydrogen) atoms. The average Bonchev–Trinajstić information content (AvgIpc) is 2.46. The summed E-state index contributed by atoms with van der Waals surface area (Å²) in [5, 5.41) is 0.405. The Balaban J connectivity index is 2.85. The topological polar surface area (TPSA) is 106 Å². The summed E-state index contributed by atoms with van der Waals surface area (Å²) in [6, 6.07) is 7.20. The summed E-state index contributed by atoms with van der Waals surface area (Å²) in [4.78, 5) is 1.59. The SMILES string of the molecule is Cc1cc(C)c(S(=O)(=O)c2ccc(Cl)cc2)c(C)c1S(=O)(=O)NN. The monoisotopic (exact) mass is 388 g/mol. The third kappa shape index (κ3) is 3.20. The zero-order valence-electron chi connectivity index (χ0n) is 13.3. The molecule has 0 bridgehead atoms. The molecule has 9 heteroatoms. The van der Waals surface area contributed by atoms with Crippen LogP contribution < -0.4 is 10.7 Å². The van der Waals surface area contributed by atoms with Gasteiger partial charge in [-0.25, -0.2) is 16.8 Å². The molecule has 0 saturated carbocycles. The van der Waals surface area contributed by atoms with E-state index in [1.165, 1.54) is 37.3 Å². The van der Waals surface area contributed by atoms with E-state index in [-0.39, 0.29) is 20.2 Å². The molecule has 0 amide bonds. The summed E-state index contributed by atoms with van der Waals surface area (Å²) < 4.78 is 50.3. The number of hydrazine groups is 1. The maximum Gasteiger partial charge on any atom is 0.253 e. The van der Waals surface area contributed by atoms with Gasteiger partial charge in [0.05, 0.1) is 14.7 Å². The van der Waals surface area contributed by atoms with Crippen molar-refractivity contribution in [3.63, 3.8) is 0 Å². The maximum absolute atomic E-state index is 13.0. The highest BCUT2D eigenvalue weighted by Crippen LogP contribution is 2.33. The third-order valence-electron chi connectivity index (χ3n) is 3.65. The fourth-order valence-electron chi connectivity index (χ4n) is 2.77. The molecule has 0 saturated heterocycles. The largest absolute Gasteiger partial charge is 0.257 e. The molecule has 0 atom stereocenters. The number of hydrogen-bond acceptors (Lipinski definition) is 5. The Labute approximate surface area is 146 Å². The molecular formula is C15H17ClN2O4S2. The smallest absolute Gasteiger partial charge is 0.253 e. The van der Waals surface area contributed by atoms with Gasteiger partial charge in [0.25, 0.3) is 10.0 Å². The van der Waals surface area contributed by atoms with Crippen molar-refractivity contribution in [3.05, 3.63) is 52.0 Å². The van der Waals surface area contributed by atoms with Crippen LogP contribution in [0, 0.1) is 20.8 Å². The van der Waals surface area contributed by atoms with Gasteiger partial charge in [-0.05, 0) is 61.7 Å². The highest BCUT2D eigenvalue weighted by atomic mass is 35.5. The molecule has 0 fully saturated rings. The second-order valence-electron chi connectivity index (χ2n) is 5.37. The second-order valence-corrected chi connectivity index (χ2v) is 9.35. The molecule has 3 N–H and O–H groups in total. The molecule has 6 nitrogen and oxygen atoms in total. The molecule has 130 valence electrons. The van der Waals surface area contributed by atoms with E-state index >= 15 is 0 Å². The van der Waals surface area contributed by atoms with Gasteiger partial charge in [-0.15, -0.1) is 0 Å². The Hall–Kier alpha value is -1.45. The summed E-state index contributed by atoms with van der Waals surface area (Å²) in [7, 11) is -7.92. The number of nitrogens with one attached hydrogen (secondary N) is 1. The van der Waals surface area contributed by atoms with Gasteiger partial charge in [0.2, 0.25) is 9.84 Å². The standard InChI is InChI=1S/C15H17ClN2O4S2/c1-9-8-10(2)15(24(21,22)18-17)11(3)14(9)23(19,20)13-6-4-12(16)5-7-13/h4-8,18H,17H2,1-3H3. The van der Waals surface area contributed by atoms with E-state index in [0.717, 1.165) is 0 Å². The number of sulfone groups is 1. The van der Waals surface area contributed by atoms with E-state index in [1.807, 2.05) is 0 Å². The van der Waals surface area contributed by atoms with Crippen LogP contribution in [-0.4, -0.2) is 16.8 Å². The van der Waals surface area contributed by atoms with Gasteiger partial charge in [0.1, 0.15) is 0 Å². The van der Waals surface area contributed by atoms with Crippen LogP contribution in [0.4, 0.5) is 0 Å². The highest BCUT2D eigenvalue weighted by molar-refractivity contribution is 7.92. The van der Waals surface area contributed by atoms with Gasteiger partial charge in [0.15, 0.2) is 0 Å². The Bertz CT molecular complexity index is 999. The minimum absolute atomic E-state index is 0.0333. The van der Waals surface area contributed by atoms with E-state index in [4.69, 9.17) is 17.4 Å².